The molecule has 0 amide bonds. The normalized spacial score (nSPS) is 15.1. The Balaban J connectivity index is 1.41. The highest BCUT2D eigenvalue weighted by molar-refractivity contribution is 7.84. The van der Waals surface area contributed by atoms with Crippen LogP contribution in [0.25, 0.3) is 11.1 Å². The van der Waals surface area contributed by atoms with E-state index in [1.807, 2.05) is 37.4 Å². The lowest BCUT2D eigenvalue weighted by atomic mass is 9.89. The minimum atomic E-state index is -5.53. The molecule has 0 bridgehead atoms. The molecule has 0 fully saturated rings. The molecule has 0 aromatic heterocycles. The second-order valence-electron chi connectivity index (χ2n) is 11.2. The number of rotatable bonds is 16. The van der Waals surface area contributed by atoms with Crippen LogP contribution in [0.3, 0.4) is 0 Å². The highest BCUT2D eigenvalue weighted by Gasteiger charge is 2.56. The smallest absolute Gasteiger partial charge is 0.453 e. The Morgan fingerprint density at radius 3 is 2.29 bits per heavy atom. The zero-order valence-electron chi connectivity index (χ0n) is 24.2. The van der Waals surface area contributed by atoms with Crippen molar-refractivity contribution >= 4 is 21.9 Å². The summed E-state index contributed by atoms with van der Waals surface area (Å²) >= 11 is 0. The Hall–Kier alpha value is -2.46. The third-order valence-corrected chi connectivity index (χ3v) is 9.24. The molecule has 2 N–H and O–H groups in total. The van der Waals surface area contributed by atoms with E-state index in [1.165, 1.54) is 16.7 Å². The summed E-state index contributed by atoms with van der Waals surface area (Å²) in [7, 11) is 0.770. The van der Waals surface area contributed by atoms with Crippen LogP contribution in [0.4, 0.5) is 22.0 Å². The van der Waals surface area contributed by atoms with Gasteiger partial charge in [-0.3, -0.25) is 4.21 Å². The number of nitrogens with zero attached hydrogens (tertiary/aromatic N) is 1. The van der Waals surface area contributed by atoms with E-state index < -0.39 is 29.3 Å². The summed E-state index contributed by atoms with van der Waals surface area (Å²) in [6.45, 7) is 1.61. The second kappa shape index (κ2) is 15.8. The van der Waals surface area contributed by atoms with Crippen molar-refractivity contribution in [3.05, 3.63) is 59.2 Å². The molecule has 10 heteroatoms. The summed E-state index contributed by atoms with van der Waals surface area (Å²) in [6, 6.07) is 13.0. The van der Waals surface area contributed by atoms with Crippen LogP contribution < -0.4 is 0 Å². The van der Waals surface area contributed by atoms with Gasteiger partial charge >= 0.3 is 12.1 Å². The number of allylic oxidation sites excluding steroid dienone is 2. The van der Waals surface area contributed by atoms with E-state index in [2.05, 4.69) is 4.90 Å². The molecule has 0 radical (unpaired) electrons. The van der Waals surface area contributed by atoms with Crippen LogP contribution in [0.2, 0.25) is 0 Å². The number of alkyl halides is 5. The van der Waals surface area contributed by atoms with Crippen LogP contribution in [0.1, 0.15) is 80.9 Å². The number of fused-ring (bicyclic) bond motifs is 1. The highest BCUT2D eigenvalue weighted by Crippen LogP contribution is 2.41. The number of halogens is 5. The summed E-state index contributed by atoms with van der Waals surface area (Å²) < 4.78 is 74.7. The first-order chi connectivity index (χ1) is 19.9. The summed E-state index contributed by atoms with van der Waals surface area (Å²) in [4.78, 5) is 2.17. The first-order valence-electron chi connectivity index (χ1n) is 14.7. The van der Waals surface area contributed by atoms with Crippen LogP contribution in [0, 0.1) is 0 Å². The van der Waals surface area contributed by atoms with Gasteiger partial charge < -0.3 is 15.1 Å². The van der Waals surface area contributed by atoms with E-state index in [4.69, 9.17) is 0 Å². The lowest BCUT2D eigenvalue weighted by molar-refractivity contribution is -0.284. The zero-order valence-corrected chi connectivity index (χ0v) is 25.0. The van der Waals surface area contributed by atoms with Gasteiger partial charge in [-0.1, -0.05) is 24.6 Å². The molecule has 3 rings (SSSR count). The fraction of sp³-hybridized carbons (Fsp3) is 0.562. The number of hydrogen-bond acceptors (Lipinski definition) is 4. The van der Waals surface area contributed by atoms with Crippen molar-refractivity contribution < 1.29 is 36.4 Å². The Labute approximate surface area is 248 Å². The topological polar surface area (TPSA) is 60.8 Å². The zero-order chi connectivity index (χ0) is 30.8. The molecule has 2 aromatic carbocycles. The number of hydrogen-bond donors (Lipinski definition) is 2. The van der Waals surface area contributed by atoms with Crippen LogP contribution in [-0.4, -0.2) is 63.1 Å². The Morgan fingerprint density at radius 2 is 1.55 bits per heavy atom. The van der Waals surface area contributed by atoms with Crippen molar-refractivity contribution in [2.45, 2.75) is 82.7 Å². The fourth-order valence-electron chi connectivity index (χ4n) is 5.47. The first-order valence-corrected chi connectivity index (χ1v) is 16.2. The summed E-state index contributed by atoms with van der Waals surface area (Å²) in [5.74, 6) is -3.63. The Bertz CT molecular complexity index is 1210. The van der Waals surface area contributed by atoms with Gasteiger partial charge in [0.2, 0.25) is 0 Å². The molecule has 1 unspecified atom stereocenters. The third-order valence-electron chi connectivity index (χ3n) is 7.75. The number of unbranched alkanes of at least 4 members (excludes halogenated alkanes) is 3. The van der Waals surface area contributed by atoms with Gasteiger partial charge in [-0.15, -0.1) is 0 Å². The van der Waals surface area contributed by atoms with E-state index in [9.17, 15) is 36.4 Å². The van der Waals surface area contributed by atoms with Gasteiger partial charge in [-0.05, 0) is 130 Å². The van der Waals surface area contributed by atoms with Crippen LogP contribution in [0.5, 0.6) is 11.5 Å². The highest BCUT2D eigenvalue weighted by atomic mass is 32.2. The van der Waals surface area contributed by atoms with Crippen LogP contribution in [-0.2, 0) is 17.2 Å². The quantitative estimate of drug-likeness (QED) is 0.147. The van der Waals surface area contributed by atoms with Gasteiger partial charge in [0.25, 0.3) is 0 Å². The minimum Gasteiger partial charge on any atom is -0.508 e. The predicted molar refractivity (Wildman–Crippen MR) is 159 cm³/mol. The Kier molecular flexibility index (Phi) is 12.8. The number of aromatic hydroxyl groups is 2. The van der Waals surface area contributed by atoms with E-state index in [1.54, 1.807) is 12.1 Å². The summed E-state index contributed by atoms with van der Waals surface area (Å²) in [5, 5.41) is 20.1. The number of phenols is 2. The standard InChI is InChI=1S/C32H42F5NO3S/c1-38(19-9-21-42(41)20-6-4-17-31(33,34)32(35,36)37)18-5-2-3-13-30-28(24-10-7-12-26(39)22-24)14-8-11-25-23-27(40)15-16-29(25)30/h7,10,12,15-16,22-23,39-40H,2-6,8-9,11,13-14,17-21H2,1H3. The molecule has 0 heterocycles. The van der Waals surface area contributed by atoms with Crippen molar-refractivity contribution in [2.24, 2.45) is 0 Å². The van der Waals surface area contributed by atoms with Crippen LogP contribution >= 0.6 is 0 Å². The van der Waals surface area contributed by atoms with Crippen molar-refractivity contribution in [1.29, 1.82) is 0 Å². The molecule has 1 aliphatic rings. The molecular weight excluding hydrogens is 573 g/mol. The van der Waals surface area contributed by atoms with E-state index in [0.29, 0.717) is 12.2 Å². The molecule has 4 nitrogen and oxygen atoms in total. The van der Waals surface area contributed by atoms with Gasteiger partial charge in [-0.2, -0.15) is 22.0 Å². The molecule has 234 valence electrons. The van der Waals surface area contributed by atoms with E-state index in [-0.39, 0.29) is 30.1 Å². The number of phenolic OH excluding ortho intramolecular Hbond substituents is 2. The maximum Gasteiger partial charge on any atom is 0.453 e. The molecule has 0 aliphatic heterocycles. The molecule has 1 aliphatic carbocycles. The van der Waals surface area contributed by atoms with Crippen molar-refractivity contribution in [2.75, 3.05) is 31.6 Å². The molecule has 1 atom stereocenters. The molecular formula is C32H42F5NO3S. The van der Waals surface area contributed by atoms with Crippen molar-refractivity contribution in [1.82, 2.24) is 4.90 Å². The van der Waals surface area contributed by atoms with Gasteiger partial charge in [0.05, 0.1) is 0 Å². The van der Waals surface area contributed by atoms with Gasteiger partial charge in [0.15, 0.2) is 0 Å². The Morgan fingerprint density at radius 1 is 0.833 bits per heavy atom. The van der Waals surface area contributed by atoms with Crippen LogP contribution in [0.15, 0.2) is 42.5 Å². The molecule has 0 spiro atoms. The third kappa shape index (κ3) is 10.4. The lowest BCUT2D eigenvalue weighted by Gasteiger charge is -2.19. The fourth-order valence-corrected chi connectivity index (χ4v) is 6.65. The second-order valence-corrected chi connectivity index (χ2v) is 12.9. The minimum absolute atomic E-state index is 0.0866. The summed E-state index contributed by atoms with van der Waals surface area (Å²) in [6.07, 6.45) is 0.298. The SMILES string of the molecule is CN(CCCCCC1=C(c2cccc(O)c2)CCCc2cc(O)ccc21)CCCS(=O)CCCCC(F)(F)C(F)(F)F. The average Bonchev–Trinajstić information content (AvgIpc) is 3.09. The molecule has 42 heavy (non-hydrogen) atoms. The maximum absolute atomic E-state index is 13.0. The maximum atomic E-state index is 13.0. The van der Waals surface area contributed by atoms with Crippen molar-refractivity contribution in [3.63, 3.8) is 0 Å². The number of aryl methyl sites for hydroxylation is 1. The van der Waals surface area contributed by atoms with Gasteiger partial charge in [-0.25, -0.2) is 0 Å². The molecule has 0 saturated carbocycles. The molecule has 0 saturated heterocycles. The largest absolute Gasteiger partial charge is 0.508 e. The predicted octanol–water partition coefficient (Wildman–Crippen LogP) is 8.34. The van der Waals surface area contributed by atoms with Gasteiger partial charge in [0.1, 0.15) is 11.5 Å². The molecule has 2 aromatic rings. The van der Waals surface area contributed by atoms with Gasteiger partial charge in [0, 0.05) is 28.7 Å². The lowest BCUT2D eigenvalue weighted by Crippen LogP contribution is -2.36. The first kappa shape index (κ1) is 34.0. The average molecular weight is 616 g/mol. The van der Waals surface area contributed by atoms with E-state index in [0.717, 1.165) is 69.2 Å². The monoisotopic (exact) mass is 615 g/mol. The number of benzene rings is 2. The van der Waals surface area contributed by atoms with E-state index >= 15 is 0 Å². The van der Waals surface area contributed by atoms with Crippen molar-refractivity contribution in [3.8, 4) is 11.5 Å². The summed E-state index contributed by atoms with van der Waals surface area (Å²) in [5.41, 5.74) is 5.86.